The minimum atomic E-state index is -4.48. The summed E-state index contributed by atoms with van der Waals surface area (Å²) >= 11 is 6.15. The highest BCUT2D eigenvalue weighted by atomic mass is 35.5. The molecule has 5 nitrogen and oxygen atoms in total. The molecule has 2 heterocycles. The average Bonchev–Trinajstić information content (AvgIpc) is 3.04. The molecule has 124 valence electrons. The molecule has 3 rings (SSSR count). The van der Waals surface area contributed by atoms with Crippen molar-refractivity contribution < 1.29 is 13.2 Å². The molecule has 1 aromatic carbocycles. The van der Waals surface area contributed by atoms with E-state index in [9.17, 15) is 13.2 Å². The summed E-state index contributed by atoms with van der Waals surface area (Å²) in [5.74, 6) is 0.343. The van der Waals surface area contributed by atoms with Gasteiger partial charge in [-0.3, -0.25) is 0 Å². The third kappa shape index (κ3) is 3.24. The SMILES string of the molecule is NCc1ccc(Cl)c(-c2ncn(-c3ccc(C(F)(F)F)nc3)n2)c1. The van der Waals surface area contributed by atoms with Crippen LogP contribution in [0, 0.1) is 0 Å². The van der Waals surface area contributed by atoms with Crippen molar-refractivity contribution in [3.8, 4) is 17.1 Å². The number of halogens is 4. The summed E-state index contributed by atoms with van der Waals surface area (Å²) in [5.41, 5.74) is 6.45. The standard InChI is InChI=1S/C15H11ClF3N5/c16-12-3-1-9(6-20)5-11(12)14-22-8-24(23-14)10-2-4-13(21-7-10)15(17,18)19/h1-5,7-8H,6,20H2. The lowest BCUT2D eigenvalue weighted by Crippen LogP contribution is -2.08. The van der Waals surface area contributed by atoms with Crippen LogP contribution in [0.15, 0.2) is 42.9 Å². The molecule has 0 unspecified atom stereocenters. The maximum absolute atomic E-state index is 12.5. The number of nitrogens with two attached hydrogens (primary N) is 1. The molecule has 9 heteroatoms. The highest BCUT2D eigenvalue weighted by molar-refractivity contribution is 6.33. The van der Waals surface area contributed by atoms with Crippen LogP contribution in [0.25, 0.3) is 17.1 Å². The third-order valence-corrected chi connectivity index (χ3v) is 3.63. The minimum Gasteiger partial charge on any atom is -0.326 e. The summed E-state index contributed by atoms with van der Waals surface area (Å²) < 4.78 is 39.0. The first kappa shape index (κ1) is 16.4. The van der Waals surface area contributed by atoms with Gasteiger partial charge in [-0.05, 0) is 29.8 Å². The van der Waals surface area contributed by atoms with Gasteiger partial charge >= 0.3 is 6.18 Å². The Bertz CT molecular complexity index is 858. The Balaban J connectivity index is 1.94. The molecule has 2 aromatic heterocycles. The molecular formula is C15H11ClF3N5. The van der Waals surface area contributed by atoms with Crippen LogP contribution in [-0.2, 0) is 12.7 Å². The van der Waals surface area contributed by atoms with E-state index in [-0.39, 0.29) is 0 Å². The van der Waals surface area contributed by atoms with Crippen molar-refractivity contribution in [3.63, 3.8) is 0 Å². The number of pyridine rings is 1. The fraction of sp³-hybridized carbons (Fsp3) is 0.133. The quantitative estimate of drug-likeness (QED) is 0.783. The lowest BCUT2D eigenvalue weighted by Gasteiger charge is -2.06. The summed E-state index contributed by atoms with van der Waals surface area (Å²) in [4.78, 5) is 7.54. The van der Waals surface area contributed by atoms with Gasteiger partial charge in [0.15, 0.2) is 5.82 Å². The van der Waals surface area contributed by atoms with Gasteiger partial charge in [0.05, 0.1) is 16.9 Å². The van der Waals surface area contributed by atoms with Crippen LogP contribution in [0.3, 0.4) is 0 Å². The van der Waals surface area contributed by atoms with Gasteiger partial charge in [0.2, 0.25) is 0 Å². The average molecular weight is 354 g/mol. The van der Waals surface area contributed by atoms with Crippen molar-refractivity contribution in [2.45, 2.75) is 12.7 Å². The number of rotatable bonds is 3. The molecule has 0 aliphatic heterocycles. The van der Waals surface area contributed by atoms with Crippen LogP contribution >= 0.6 is 11.6 Å². The Hall–Kier alpha value is -2.45. The van der Waals surface area contributed by atoms with Crippen LogP contribution in [0.4, 0.5) is 13.2 Å². The van der Waals surface area contributed by atoms with Gasteiger partial charge < -0.3 is 5.73 Å². The Labute approximate surface area is 139 Å². The van der Waals surface area contributed by atoms with E-state index >= 15 is 0 Å². The minimum absolute atomic E-state index is 0.341. The normalized spacial score (nSPS) is 11.7. The number of hydrogen-bond donors (Lipinski definition) is 1. The molecule has 0 fully saturated rings. The smallest absolute Gasteiger partial charge is 0.326 e. The molecule has 0 aliphatic rings. The molecule has 0 radical (unpaired) electrons. The zero-order chi connectivity index (χ0) is 17.3. The van der Waals surface area contributed by atoms with Crippen LogP contribution in [0.5, 0.6) is 0 Å². The van der Waals surface area contributed by atoms with E-state index in [4.69, 9.17) is 17.3 Å². The number of benzene rings is 1. The highest BCUT2D eigenvalue weighted by Crippen LogP contribution is 2.28. The topological polar surface area (TPSA) is 69.6 Å². The van der Waals surface area contributed by atoms with Crippen molar-refractivity contribution >= 4 is 11.6 Å². The number of nitrogens with zero attached hydrogens (tertiary/aromatic N) is 4. The third-order valence-electron chi connectivity index (χ3n) is 3.30. The fourth-order valence-electron chi connectivity index (χ4n) is 2.07. The second kappa shape index (κ2) is 6.21. The number of alkyl halides is 3. The molecule has 3 aromatic rings. The van der Waals surface area contributed by atoms with E-state index in [1.165, 1.54) is 17.1 Å². The van der Waals surface area contributed by atoms with Gasteiger partial charge in [-0.15, -0.1) is 5.10 Å². The molecule has 2 N–H and O–H groups in total. The largest absolute Gasteiger partial charge is 0.433 e. The summed E-state index contributed by atoms with van der Waals surface area (Å²) in [6.45, 7) is 0.341. The van der Waals surface area contributed by atoms with Gasteiger partial charge in [0.25, 0.3) is 0 Å². The Morgan fingerprint density at radius 1 is 1.12 bits per heavy atom. The first-order valence-corrected chi connectivity index (χ1v) is 7.20. The zero-order valence-electron chi connectivity index (χ0n) is 12.1. The maximum Gasteiger partial charge on any atom is 0.433 e. The monoisotopic (exact) mass is 353 g/mol. The second-order valence-electron chi connectivity index (χ2n) is 4.93. The summed E-state index contributed by atoms with van der Waals surface area (Å²) in [6.07, 6.45) is -2.02. The maximum atomic E-state index is 12.5. The zero-order valence-corrected chi connectivity index (χ0v) is 12.9. The fourth-order valence-corrected chi connectivity index (χ4v) is 2.27. The molecule has 0 amide bonds. The van der Waals surface area contributed by atoms with Crippen molar-refractivity contribution in [1.82, 2.24) is 19.7 Å². The molecule has 0 bridgehead atoms. The Morgan fingerprint density at radius 3 is 2.54 bits per heavy atom. The van der Waals surface area contributed by atoms with Crippen LogP contribution in [0.2, 0.25) is 5.02 Å². The van der Waals surface area contributed by atoms with Crippen LogP contribution in [-0.4, -0.2) is 19.7 Å². The predicted octanol–water partition coefficient (Wildman–Crippen LogP) is 3.46. The lowest BCUT2D eigenvalue weighted by atomic mass is 10.1. The second-order valence-corrected chi connectivity index (χ2v) is 5.34. The summed E-state index contributed by atoms with van der Waals surface area (Å²) in [6, 6.07) is 7.42. The molecule has 0 saturated carbocycles. The van der Waals surface area contributed by atoms with E-state index < -0.39 is 11.9 Å². The van der Waals surface area contributed by atoms with Gasteiger partial charge in [-0.25, -0.2) is 14.6 Å². The van der Waals surface area contributed by atoms with E-state index in [2.05, 4.69) is 15.1 Å². The van der Waals surface area contributed by atoms with Crippen molar-refractivity contribution in [2.75, 3.05) is 0 Å². The number of hydrogen-bond acceptors (Lipinski definition) is 4. The van der Waals surface area contributed by atoms with Crippen LogP contribution in [0.1, 0.15) is 11.3 Å². The van der Waals surface area contributed by atoms with Gasteiger partial charge in [-0.1, -0.05) is 17.7 Å². The predicted molar refractivity (Wildman–Crippen MR) is 82.5 cm³/mol. The van der Waals surface area contributed by atoms with Gasteiger partial charge in [0.1, 0.15) is 12.0 Å². The van der Waals surface area contributed by atoms with E-state index in [0.717, 1.165) is 17.8 Å². The Morgan fingerprint density at radius 2 is 1.92 bits per heavy atom. The molecule has 0 saturated heterocycles. The molecule has 24 heavy (non-hydrogen) atoms. The number of aromatic nitrogens is 4. The highest BCUT2D eigenvalue weighted by Gasteiger charge is 2.32. The molecular weight excluding hydrogens is 343 g/mol. The van der Waals surface area contributed by atoms with Crippen molar-refractivity contribution in [3.05, 3.63) is 59.1 Å². The van der Waals surface area contributed by atoms with Crippen molar-refractivity contribution in [2.24, 2.45) is 5.73 Å². The molecule has 0 atom stereocenters. The lowest BCUT2D eigenvalue weighted by molar-refractivity contribution is -0.141. The van der Waals surface area contributed by atoms with Gasteiger partial charge in [-0.2, -0.15) is 13.2 Å². The summed E-state index contributed by atoms with van der Waals surface area (Å²) in [5, 5.41) is 4.69. The first-order valence-electron chi connectivity index (χ1n) is 6.82. The first-order chi connectivity index (χ1) is 11.4. The molecule has 0 aliphatic carbocycles. The van der Waals surface area contributed by atoms with E-state index in [0.29, 0.717) is 28.6 Å². The Kier molecular flexibility index (Phi) is 4.25. The van der Waals surface area contributed by atoms with E-state index in [1.807, 2.05) is 0 Å². The van der Waals surface area contributed by atoms with Gasteiger partial charge in [0, 0.05) is 12.1 Å². The van der Waals surface area contributed by atoms with E-state index in [1.54, 1.807) is 18.2 Å². The summed E-state index contributed by atoms with van der Waals surface area (Å²) in [7, 11) is 0. The van der Waals surface area contributed by atoms with Crippen LogP contribution < -0.4 is 5.73 Å². The van der Waals surface area contributed by atoms with Crippen molar-refractivity contribution in [1.29, 1.82) is 0 Å². The molecule has 0 spiro atoms.